The zero-order valence-corrected chi connectivity index (χ0v) is 12.2. The van der Waals surface area contributed by atoms with E-state index < -0.39 is 0 Å². The number of rotatable bonds is 2. The van der Waals surface area contributed by atoms with E-state index in [0.717, 1.165) is 22.8 Å². The van der Waals surface area contributed by atoms with Crippen molar-refractivity contribution in [1.29, 1.82) is 0 Å². The summed E-state index contributed by atoms with van der Waals surface area (Å²) in [6, 6.07) is 6.45. The van der Waals surface area contributed by atoms with Crippen LogP contribution in [0.3, 0.4) is 0 Å². The highest BCUT2D eigenvalue weighted by Crippen LogP contribution is 2.36. The third kappa shape index (κ3) is 1.85. The Bertz CT molecular complexity index is 725. The van der Waals surface area contributed by atoms with Gasteiger partial charge < -0.3 is 9.72 Å². The van der Waals surface area contributed by atoms with Gasteiger partial charge in [0.15, 0.2) is 0 Å². The molecule has 1 N–H and O–H groups in total. The van der Waals surface area contributed by atoms with Gasteiger partial charge in [-0.05, 0) is 38.4 Å². The second-order valence-corrected chi connectivity index (χ2v) is 6.24. The Labute approximate surface area is 121 Å². The number of nitrogens with one attached hydrogen (secondary N) is 1. The largest absolute Gasteiger partial charge is 0.312 e. The summed E-state index contributed by atoms with van der Waals surface area (Å²) in [5.41, 5.74) is 3.18. The Kier molecular flexibility index (Phi) is 2.82. The van der Waals surface area contributed by atoms with Gasteiger partial charge in [-0.3, -0.25) is 0 Å². The Morgan fingerprint density at radius 3 is 3.15 bits per heavy atom. The van der Waals surface area contributed by atoms with Gasteiger partial charge in [-0.25, -0.2) is 9.97 Å². The molecule has 0 radical (unpaired) electrons. The quantitative estimate of drug-likeness (QED) is 0.786. The third-order valence-electron chi connectivity index (χ3n) is 3.89. The molecular formula is C15H16N4S. The minimum Gasteiger partial charge on any atom is -0.312 e. The molecule has 0 saturated carbocycles. The summed E-state index contributed by atoms with van der Waals surface area (Å²) in [4.78, 5) is 10.9. The van der Waals surface area contributed by atoms with Crippen LogP contribution in [0.15, 0.2) is 30.6 Å². The minimum absolute atomic E-state index is 0.404. The first-order chi connectivity index (χ1) is 9.85. The SMILES string of the molecule is CNC1CCCc2sc(-c3cn4ccccc4n3)nc21. The van der Waals surface area contributed by atoms with E-state index >= 15 is 0 Å². The van der Waals surface area contributed by atoms with E-state index in [2.05, 4.69) is 16.5 Å². The lowest BCUT2D eigenvalue weighted by atomic mass is 9.98. The highest BCUT2D eigenvalue weighted by molar-refractivity contribution is 7.15. The van der Waals surface area contributed by atoms with Crippen molar-refractivity contribution in [3.63, 3.8) is 0 Å². The molecule has 0 fully saturated rings. The van der Waals surface area contributed by atoms with Crippen LogP contribution in [0.25, 0.3) is 16.3 Å². The Balaban J connectivity index is 1.80. The number of hydrogen-bond acceptors (Lipinski definition) is 4. The summed E-state index contributed by atoms with van der Waals surface area (Å²) in [5, 5.41) is 4.41. The molecule has 1 aliphatic carbocycles. The van der Waals surface area contributed by atoms with Crippen LogP contribution in [0.4, 0.5) is 0 Å². The van der Waals surface area contributed by atoms with E-state index in [1.165, 1.54) is 23.4 Å². The molecule has 5 heteroatoms. The third-order valence-corrected chi connectivity index (χ3v) is 5.04. The normalized spacial score (nSPS) is 18.4. The van der Waals surface area contributed by atoms with Gasteiger partial charge in [0.2, 0.25) is 0 Å². The highest BCUT2D eigenvalue weighted by atomic mass is 32.1. The molecule has 0 aliphatic heterocycles. The van der Waals surface area contributed by atoms with Gasteiger partial charge in [0.25, 0.3) is 0 Å². The van der Waals surface area contributed by atoms with Crippen molar-refractivity contribution in [1.82, 2.24) is 19.7 Å². The lowest BCUT2D eigenvalue weighted by molar-refractivity contribution is 0.490. The van der Waals surface area contributed by atoms with Crippen molar-refractivity contribution in [3.8, 4) is 10.7 Å². The van der Waals surface area contributed by atoms with Crippen LogP contribution in [-0.2, 0) is 6.42 Å². The minimum atomic E-state index is 0.404. The smallest absolute Gasteiger partial charge is 0.144 e. The van der Waals surface area contributed by atoms with Crippen LogP contribution in [0.1, 0.15) is 29.5 Å². The van der Waals surface area contributed by atoms with Gasteiger partial charge in [-0.1, -0.05) is 6.07 Å². The molecular weight excluding hydrogens is 268 g/mol. The van der Waals surface area contributed by atoms with Crippen LogP contribution < -0.4 is 5.32 Å². The summed E-state index contributed by atoms with van der Waals surface area (Å²) in [6.45, 7) is 0. The molecule has 20 heavy (non-hydrogen) atoms. The summed E-state index contributed by atoms with van der Waals surface area (Å²) in [6.07, 6.45) is 7.66. The van der Waals surface area contributed by atoms with Gasteiger partial charge >= 0.3 is 0 Å². The van der Waals surface area contributed by atoms with Crippen LogP contribution in [0, 0.1) is 0 Å². The van der Waals surface area contributed by atoms with E-state index in [4.69, 9.17) is 4.98 Å². The van der Waals surface area contributed by atoms with Gasteiger partial charge in [0.1, 0.15) is 16.3 Å². The average Bonchev–Trinajstić information content (AvgIpc) is 3.09. The monoisotopic (exact) mass is 284 g/mol. The topological polar surface area (TPSA) is 42.2 Å². The lowest BCUT2D eigenvalue weighted by Crippen LogP contribution is -2.21. The summed E-state index contributed by atoms with van der Waals surface area (Å²) in [7, 11) is 2.02. The molecule has 1 aliphatic rings. The number of nitrogens with zero attached hydrogens (tertiary/aromatic N) is 3. The Hall–Kier alpha value is -1.72. The van der Waals surface area contributed by atoms with E-state index in [1.54, 1.807) is 11.3 Å². The Morgan fingerprint density at radius 1 is 1.35 bits per heavy atom. The Morgan fingerprint density at radius 2 is 2.30 bits per heavy atom. The zero-order chi connectivity index (χ0) is 13.5. The molecule has 102 valence electrons. The number of imidazole rings is 1. The summed E-state index contributed by atoms with van der Waals surface area (Å²) in [5.74, 6) is 0. The van der Waals surface area contributed by atoms with Crippen molar-refractivity contribution in [2.45, 2.75) is 25.3 Å². The number of fused-ring (bicyclic) bond motifs is 2. The highest BCUT2D eigenvalue weighted by Gasteiger charge is 2.24. The number of hydrogen-bond donors (Lipinski definition) is 1. The maximum absolute atomic E-state index is 4.85. The zero-order valence-electron chi connectivity index (χ0n) is 11.3. The lowest BCUT2D eigenvalue weighted by Gasteiger charge is -2.19. The molecule has 4 nitrogen and oxygen atoms in total. The van der Waals surface area contributed by atoms with Crippen LogP contribution in [0.2, 0.25) is 0 Å². The standard InChI is InChI=1S/C15H16N4S/c1-16-10-5-4-6-12-14(10)18-15(20-12)11-9-19-8-3-2-7-13(19)17-11/h2-3,7-10,16H,4-6H2,1H3. The number of pyridine rings is 1. The molecule has 0 saturated heterocycles. The second kappa shape index (κ2) is 4.68. The van der Waals surface area contributed by atoms with Crippen LogP contribution in [0.5, 0.6) is 0 Å². The molecule has 0 amide bonds. The molecule has 4 rings (SSSR count). The predicted octanol–water partition coefficient (Wildman–Crippen LogP) is 3.05. The van der Waals surface area contributed by atoms with Crippen molar-refractivity contribution in [3.05, 3.63) is 41.2 Å². The van der Waals surface area contributed by atoms with Crippen molar-refractivity contribution < 1.29 is 0 Å². The van der Waals surface area contributed by atoms with E-state index in [1.807, 2.05) is 35.8 Å². The van der Waals surface area contributed by atoms with Crippen molar-refractivity contribution in [2.24, 2.45) is 0 Å². The van der Waals surface area contributed by atoms with Crippen LogP contribution in [-0.4, -0.2) is 21.4 Å². The van der Waals surface area contributed by atoms with E-state index in [0.29, 0.717) is 6.04 Å². The number of aryl methyl sites for hydroxylation is 1. The van der Waals surface area contributed by atoms with Gasteiger partial charge in [0.05, 0.1) is 11.7 Å². The van der Waals surface area contributed by atoms with E-state index in [-0.39, 0.29) is 0 Å². The fourth-order valence-corrected chi connectivity index (χ4v) is 3.97. The molecule has 3 aromatic heterocycles. The van der Waals surface area contributed by atoms with E-state index in [9.17, 15) is 0 Å². The first kappa shape index (κ1) is 12.1. The fourth-order valence-electron chi connectivity index (χ4n) is 2.85. The summed E-state index contributed by atoms with van der Waals surface area (Å²) >= 11 is 1.80. The second-order valence-electron chi connectivity index (χ2n) is 5.15. The number of aromatic nitrogens is 3. The van der Waals surface area contributed by atoms with Gasteiger partial charge in [-0.15, -0.1) is 11.3 Å². The first-order valence-corrected chi connectivity index (χ1v) is 7.78. The molecule has 0 spiro atoms. The van der Waals surface area contributed by atoms with Gasteiger partial charge in [0, 0.05) is 17.3 Å². The van der Waals surface area contributed by atoms with Crippen molar-refractivity contribution in [2.75, 3.05) is 7.05 Å². The first-order valence-electron chi connectivity index (χ1n) is 6.96. The predicted molar refractivity (Wildman–Crippen MR) is 81.0 cm³/mol. The molecule has 0 aromatic carbocycles. The molecule has 1 unspecified atom stereocenters. The molecule has 3 aromatic rings. The average molecular weight is 284 g/mol. The fraction of sp³-hybridized carbons (Fsp3) is 0.333. The number of thiazole rings is 1. The van der Waals surface area contributed by atoms with Crippen molar-refractivity contribution >= 4 is 17.0 Å². The molecule has 0 bridgehead atoms. The molecule has 1 atom stereocenters. The van der Waals surface area contributed by atoms with Gasteiger partial charge in [-0.2, -0.15) is 0 Å². The maximum atomic E-state index is 4.85. The summed E-state index contributed by atoms with van der Waals surface area (Å²) < 4.78 is 2.05. The maximum Gasteiger partial charge on any atom is 0.144 e. The molecule has 3 heterocycles. The van der Waals surface area contributed by atoms with Crippen LogP contribution >= 0.6 is 11.3 Å².